The first kappa shape index (κ1) is 6.55. The molecule has 0 atom stereocenters. The van der Waals surface area contributed by atoms with Crippen molar-refractivity contribution < 1.29 is 4.57 Å². The Kier molecular flexibility index (Phi) is 1.45. The molecule has 3 heteroatoms. The van der Waals surface area contributed by atoms with Crippen molar-refractivity contribution in [1.29, 1.82) is 0 Å². The van der Waals surface area contributed by atoms with Crippen molar-refractivity contribution in [2.24, 2.45) is 7.05 Å². The van der Waals surface area contributed by atoms with Gasteiger partial charge >= 0.3 is 5.13 Å². The predicted octanol–water partition coefficient (Wildman–Crippen LogP) is 0.772. The molecule has 0 aliphatic heterocycles. The van der Waals surface area contributed by atoms with Crippen molar-refractivity contribution in [1.82, 2.24) is 0 Å². The summed E-state index contributed by atoms with van der Waals surface area (Å²) in [6, 6.07) is 0. The molecule has 0 saturated heterocycles. The fraction of sp³-hybridized carbons (Fsp3) is 0.500. The van der Waals surface area contributed by atoms with Gasteiger partial charge in [-0.1, -0.05) is 11.3 Å². The number of hydrogen-bond acceptors (Lipinski definition) is 2. The number of nitrogen functional groups attached to an aromatic ring is 1. The highest BCUT2D eigenvalue weighted by atomic mass is 32.1. The minimum absolute atomic E-state index is 0.880. The van der Waals surface area contributed by atoms with Crippen LogP contribution in [-0.4, -0.2) is 0 Å². The zero-order valence-electron chi connectivity index (χ0n) is 5.93. The highest BCUT2D eigenvalue weighted by Crippen LogP contribution is 2.14. The molecule has 2 nitrogen and oxygen atoms in total. The van der Waals surface area contributed by atoms with Crippen molar-refractivity contribution >= 4 is 16.5 Å². The second-order valence-corrected chi connectivity index (χ2v) is 3.38. The highest BCUT2D eigenvalue weighted by Gasteiger charge is 2.09. The SMILES string of the molecule is Cc1sc(N)[n+](C)c1C. The Hall–Kier alpha value is -0.570. The number of nitrogens with two attached hydrogens (primary N) is 1. The van der Waals surface area contributed by atoms with Gasteiger partial charge in [-0.05, 0) is 13.8 Å². The number of aryl methyl sites for hydroxylation is 1. The zero-order chi connectivity index (χ0) is 7.02. The van der Waals surface area contributed by atoms with Crippen LogP contribution in [0.15, 0.2) is 0 Å². The van der Waals surface area contributed by atoms with Gasteiger partial charge in [-0.3, -0.25) is 5.73 Å². The maximum atomic E-state index is 5.62. The molecule has 0 fully saturated rings. The number of aromatic nitrogens is 1. The lowest BCUT2D eigenvalue weighted by Gasteiger charge is -1.86. The summed E-state index contributed by atoms with van der Waals surface area (Å²) in [5.41, 5.74) is 6.88. The molecule has 0 unspecified atom stereocenters. The summed E-state index contributed by atoms with van der Waals surface area (Å²) < 4.78 is 2.00. The van der Waals surface area contributed by atoms with E-state index in [0.29, 0.717) is 0 Å². The molecular weight excluding hydrogens is 132 g/mol. The molecule has 0 aliphatic carbocycles. The maximum Gasteiger partial charge on any atom is 0.331 e. The smallest absolute Gasteiger partial charge is 0.278 e. The van der Waals surface area contributed by atoms with E-state index in [1.807, 2.05) is 11.6 Å². The summed E-state index contributed by atoms with van der Waals surface area (Å²) in [4.78, 5) is 1.30. The molecule has 2 N–H and O–H groups in total. The van der Waals surface area contributed by atoms with E-state index in [1.54, 1.807) is 11.3 Å². The van der Waals surface area contributed by atoms with Gasteiger partial charge in [-0.2, -0.15) is 0 Å². The topological polar surface area (TPSA) is 29.9 Å². The second-order valence-electron chi connectivity index (χ2n) is 2.14. The number of anilines is 1. The Bertz CT molecular complexity index is 205. The Labute approximate surface area is 58.9 Å². The maximum absolute atomic E-state index is 5.62. The predicted molar refractivity (Wildman–Crippen MR) is 39.4 cm³/mol. The van der Waals surface area contributed by atoms with Gasteiger partial charge in [0.1, 0.15) is 5.69 Å². The molecule has 9 heavy (non-hydrogen) atoms. The Balaban J connectivity index is 3.29. The van der Waals surface area contributed by atoms with Gasteiger partial charge in [0, 0.05) is 0 Å². The first-order valence-electron chi connectivity index (χ1n) is 2.84. The third kappa shape index (κ3) is 0.920. The van der Waals surface area contributed by atoms with Gasteiger partial charge in [-0.25, -0.2) is 4.57 Å². The summed E-state index contributed by atoms with van der Waals surface area (Å²) in [5, 5.41) is 0.880. The summed E-state index contributed by atoms with van der Waals surface area (Å²) in [6.07, 6.45) is 0. The van der Waals surface area contributed by atoms with Crippen molar-refractivity contribution in [3.8, 4) is 0 Å². The molecule has 0 saturated carbocycles. The van der Waals surface area contributed by atoms with Crippen LogP contribution in [0.2, 0.25) is 0 Å². The third-order valence-corrected chi connectivity index (χ3v) is 2.69. The largest absolute Gasteiger partial charge is 0.331 e. The van der Waals surface area contributed by atoms with Gasteiger partial charge in [0.05, 0.1) is 11.9 Å². The van der Waals surface area contributed by atoms with E-state index in [1.165, 1.54) is 10.6 Å². The van der Waals surface area contributed by atoms with E-state index >= 15 is 0 Å². The van der Waals surface area contributed by atoms with Crippen molar-refractivity contribution in [2.45, 2.75) is 13.8 Å². The van der Waals surface area contributed by atoms with Crippen LogP contribution in [0.1, 0.15) is 10.6 Å². The minimum Gasteiger partial charge on any atom is -0.278 e. The number of thiazole rings is 1. The minimum atomic E-state index is 0.880. The average Bonchev–Trinajstić information content (AvgIpc) is 1.98. The molecule has 1 aromatic rings. The van der Waals surface area contributed by atoms with Crippen molar-refractivity contribution in [2.75, 3.05) is 5.73 Å². The Morgan fingerprint density at radius 2 is 2.00 bits per heavy atom. The van der Waals surface area contributed by atoms with Gasteiger partial charge in [0.2, 0.25) is 0 Å². The fourth-order valence-electron chi connectivity index (χ4n) is 0.701. The normalized spacial score (nSPS) is 10.1. The Morgan fingerprint density at radius 3 is 2.11 bits per heavy atom. The number of hydrogen-bond donors (Lipinski definition) is 1. The van der Waals surface area contributed by atoms with Gasteiger partial charge < -0.3 is 0 Å². The molecule has 1 rings (SSSR count). The van der Waals surface area contributed by atoms with Crippen LogP contribution in [0, 0.1) is 13.8 Å². The van der Waals surface area contributed by atoms with Gasteiger partial charge in [-0.15, -0.1) is 0 Å². The van der Waals surface area contributed by atoms with E-state index in [9.17, 15) is 0 Å². The van der Waals surface area contributed by atoms with Crippen LogP contribution >= 0.6 is 11.3 Å². The first-order chi connectivity index (χ1) is 4.13. The lowest BCUT2D eigenvalue weighted by Crippen LogP contribution is -2.32. The molecule has 0 spiro atoms. The van der Waals surface area contributed by atoms with Gasteiger partial charge in [0.15, 0.2) is 0 Å². The molecule has 0 radical (unpaired) electrons. The molecule has 0 amide bonds. The molecule has 0 aromatic carbocycles. The van der Waals surface area contributed by atoms with Gasteiger partial charge in [0.25, 0.3) is 0 Å². The number of nitrogens with zero attached hydrogens (tertiary/aromatic N) is 1. The number of rotatable bonds is 0. The van der Waals surface area contributed by atoms with Crippen LogP contribution in [-0.2, 0) is 7.05 Å². The third-order valence-electron chi connectivity index (χ3n) is 1.60. The molecule has 1 heterocycles. The van der Waals surface area contributed by atoms with E-state index in [2.05, 4.69) is 13.8 Å². The summed E-state index contributed by atoms with van der Waals surface area (Å²) in [6.45, 7) is 4.15. The lowest BCUT2D eigenvalue weighted by molar-refractivity contribution is -0.659. The standard InChI is InChI=1S/C6H10N2S/c1-4-5(2)9-6(7)8(4)3/h7H,1-3H3/p+1. The average molecular weight is 143 g/mol. The highest BCUT2D eigenvalue weighted by molar-refractivity contribution is 7.15. The van der Waals surface area contributed by atoms with Crippen LogP contribution in [0.4, 0.5) is 5.13 Å². The van der Waals surface area contributed by atoms with Crippen LogP contribution in [0.3, 0.4) is 0 Å². The van der Waals surface area contributed by atoms with E-state index in [0.717, 1.165) is 5.13 Å². The van der Waals surface area contributed by atoms with Crippen LogP contribution in [0.25, 0.3) is 0 Å². The van der Waals surface area contributed by atoms with Crippen molar-refractivity contribution in [3.05, 3.63) is 10.6 Å². The van der Waals surface area contributed by atoms with E-state index < -0.39 is 0 Å². The summed E-state index contributed by atoms with van der Waals surface area (Å²) >= 11 is 1.64. The lowest BCUT2D eigenvalue weighted by atomic mass is 10.4. The molecule has 0 bridgehead atoms. The molecule has 50 valence electrons. The van der Waals surface area contributed by atoms with E-state index in [-0.39, 0.29) is 0 Å². The molecular formula is C6H11N2S+. The molecule has 1 aromatic heterocycles. The zero-order valence-corrected chi connectivity index (χ0v) is 6.75. The second kappa shape index (κ2) is 1.99. The Morgan fingerprint density at radius 1 is 1.44 bits per heavy atom. The summed E-state index contributed by atoms with van der Waals surface area (Å²) in [5.74, 6) is 0. The monoisotopic (exact) mass is 143 g/mol. The quantitative estimate of drug-likeness (QED) is 0.534. The molecule has 0 aliphatic rings. The van der Waals surface area contributed by atoms with Crippen molar-refractivity contribution in [3.63, 3.8) is 0 Å². The van der Waals surface area contributed by atoms with Crippen LogP contribution in [0.5, 0.6) is 0 Å². The van der Waals surface area contributed by atoms with Crippen LogP contribution < -0.4 is 10.3 Å². The fourth-order valence-corrected chi connectivity index (χ4v) is 1.57. The summed E-state index contributed by atoms with van der Waals surface area (Å²) in [7, 11) is 1.98. The first-order valence-corrected chi connectivity index (χ1v) is 3.66. The van der Waals surface area contributed by atoms with E-state index in [4.69, 9.17) is 5.73 Å².